The Morgan fingerprint density at radius 1 is 0.810 bits per heavy atom. The molecule has 0 heterocycles. The van der Waals surface area contributed by atoms with Gasteiger partial charge >= 0.3 is 0 Å². The molecule has 21 heavy (non-hydrogen) atoms. The SMILES string of the molecule is CC(C)NCCOCCOCCOCCNC(=O)C(C)C. The second kappa shape index (κ2) is 14.3. The molecule has 0 aliphatic rings. The quantitative estimate of drug-likeness (QED) is 0.465. The Bertz CT molecular complexity index is 248. The lowest BCUT2D eigenvalue weighted by Gasteiger charge is -2.09. The normalized spacial score (nSPS) is 11.3. The number of carbonyl (C=O) groups is 1. The second-order valence-corrected chi connectivity index (χ2v) is 5.39. The Morgan fingerprint density at radius 3 is 1.76 bits per heavy atom. The van der Waals surface area contributed by atoms with Gasteiger partial charge in [0.2, 0.25) is 5.91 Å². The Kier molecular flexibility index (Phi) is 13.8. The van der Waals surface area contributed by atoms with Gasteiger partial charge in [0, 0.05) is 25.0 Å². The van der Waals surface area contributed by atoms with E-state index in [2.05, 4.69) is 24.5 Å². The van der Waals surface area contributed by atoms with Crippen LogP contribution in [0, 0.1) is 5.92 Å². The smallest absolute Gasteiger partial charge is 0.222 e. The molecule has 6 nitrogen and oxygen atoms in total. The van der Waals surface area contributed by atoms with Crippen LogP contribution in [0.2, 0.25) is 0 Å². The monoisotopic (exact) mass is 304 g/mol. The van der Waals surface area contributed by atoms with E-state index in [4.69, 9.17) is 14.2 Å². The third-order valence-corrected chi connectivity index (χ3v) is 2.61. The summed E-state index contributed by atoms with van der Waals surface area (Å²) in [5.74, 6) is 0.0722. The van der Waals surface area contributed by atoms with Gasteiger partial charge in [0.15, 0.2) is 0 Å². The van der Waals surface area contributed by atoms with E-state index in [1.54, 1.807) is 0 Å². The minimum Gasteiger partial charge on any atom is -0.378 e. The van der Waals surface area contributed by atoms with Gasteiger partial charge in [-0.15, -0.1) is 0 Å². The molecule has 2 N–H and O–H groups in total. The Balaban J connectivity index is 3.08. The van der Waals surface area contributed by atoms with E-state index in [0.717, 1.165) is 6.54 Å². The highest BCUT2D eigenvalue weighted by molar-refractivity contribution is 5.77. The highest BCUT2D eigenvalue weighted by Crippen LogP contribution is 1.89. The molecular weight excluding hydrogens is 272 g/mol. The molecular formula is C15H32N2O4. The average Bonchev–Trinajstić information content (AvgIpc) is 2.43. The topological polar surface area (TPSA) is 68.8 Å². The highest BCUT2D eigenvalue weighted by Gasteiger charge is 2.04. The Hall–Kier alpha value is -0.690. The summed E-state index contributed by atoms with van der Waals surface area (Å²) < 4.78 is 16.1. The van der Waals surface area contributed by atoms with Gasteiger partial charge in [-0.05, 0) is 0 Å². The van der Waals surface area contributed by atoms with Gasteiger partial charge in [0.25, 0.3) is 0 Å². The van der Waals surface area contributed by atoms with Gasteiger partial charge in [-0.25, -0.2) is 0 Å². The van der Waals surface area contributed by atoms with Crippen LogP contribution >= 0.6 is 0 Å². The van der Waals surface area contributed by atoms with E-state index in [1.165, 1.54) is 0 Å². The third-order valence-electron chi connectivity index (χ3n) is 2.61. The van der Waals surface area contributed by atoms with E-state index >= 15 is 0 Å². The molecule has 0 bridgehead atoms. The van der Waals surface area contributed by atoms with Crippen LogP contribution in [0.25, 0.3) is 0 Å². The lowest BCUT2D eigenvalue weighted by atomic mass is 10.2. The van der Waals surface area contributed by atoms with Crippen molar-refractivity contribution in [2.75, 3.05) is 52.7 Å². The summed E-state index contributed by atoms with van der Waals surface area (Å²) in [6, 6.07) is 0.493. The zero-order valence-corrected chi connectivity index (χ0v) is 13.9. The van der Waals surface area contributed by atoms with E-state index in [9.17, 15) is 4.79 Å². The van der Waals surface area contributed by atoms with Gasteiger partial charge in [-0.3, -0.25) is 4.79 Å². The van der Waals surface area contributed by atoms with Gasteiger partial charge in [-0.2, -0.15) is 0 Å². The van der Waals surface area contributed by atoms with Crippen LogP contribution in [-0.2, 0) is 19.0 Å². The average molecular weight is 304 g/mol. The van der Waals surface area contributed by atoms with Gasteiger partial charge < -0.3 is 24.8 Å². The maximum Gasteiger partial charge on any atom is 0.222 e. The molecule has 6 heteroatoms. The summed E-state index contributed by atoms with van der Waals surface area (Å²) in [7, 11) is 0. The molecule has 0 spiro atoms. The van der Waals surface area contributed by atoms with Crippen LogP contribution in [0.15, 0.2) is 0 Å². The predicted octanol–water partition coefficient (Wildman–Crippen LogP) is 0.806. The molecule has 0 aliphatic heterocycles. The van der Waals surface area contributed by atoms with Crippen LogP contribution in [-0.4, -0.2) is 64.7 Å². The molecule has 0 saturated heterocycles. The number of hydrogen-bond acceptors (Lipinski definition) is 5. The summed E-state index contributed by atoms with van der Waals surface area (Å²) in [6.45, 7) is 12.8. The van der Waals surface area contributed by atoms with E-state index in [1.807, 2.05) is 13.8 Å². The van der Waals surface area contributed by atoms with Crippen molar-refractivity contribution < 1.29 is 19.0 Å². The number of amides is 1. The number of nitrogens with one attached hydrogen (secondary N) is 2. The van der Waals surface area contributed by atoms with Crippen molar-refractivity contribution in [2.45, 2.75) is 33.7 Å². The standard InChI is InChI=1S/C15H32N2O4/c1-13(2)15(18)17-6-8-20-10-12-21-11-9-19-7-5-16-14(3)4/h13-14,16H,5-12H2,1-4H3,(H,17,18). The molecule has 0 saturated carbocycles. The van der Waals surface area contributed by atoms with Gasteiger partial charge in [0.1, 0.15) is 0 Å². The van der Waals surface area contributed by atoms with Crippen molar-refractivity contribution in [1.29, 1.82) is 0 Å². The molecule has 0 atom stereocenters. The summed E-state index contributed by atoms with van der Waals surface area (Å²) in [5.41, 5.74) is 0. The summed E-state index contributed by atoms with van der Waals surface area (Å²) in [4.78, 5) is 11.3. The fourth-order valence-corrected chi connectivity index (χ4v) is 1.41. The fraction of sp³-hybridized carbons (Fsp3) is 0.933. The van der Waals surface area contributed by atoms with Crippen LogP contribution in [0.3, 0.4) is 0 Å². The summed E-state index contributed by atoms with van der Waals surface area (Å²) >= 11 is 0. The summed E-state index contributed by atoms with van der Waals surface area (Å²) in [5, 5.41) is 6.07. The Labute approximate surface area is 128 Å². The number of ether oxygens (including phenoxy) is 3. The minimum absolute atomic E-state index is 0.0177. The molecule has 0 aromatic carbocycles. The third kappa shape index (κ3) is 15.5. The van der Waals surface area contributed by atoms with E-state index in [-0.39, 0.29) is 11.8 Å². The second-order valence-electron chi connectivity index (χ2n) is 5.39. The highest BCUT2D eigenvalue weighted by atomic mass is 16.5. The largest absolute Gasteiger partial charge is 0.378 e. The maximum absolute atomic E-state index is 11.3. The molecule has 0 aromatic rings. The van der Waals surface area contributed by atoms with E-state index < -0.39 is 0 Å². The molecule has 0 aliphatic carbocycles. The molecule has 126 valence electrons. The molecule has 0 rings (SSSR count). The minimum atomic E-state index is 0.0177. The lowest BCUT2D eigenvalue weighted by molar-refractivity contribution is -0.124. The van der Waals surface area contributed by atoms with Gasteiger partial charge in [0.05, 0.1) is 39.6 Å². The molecule has 0 unspecified atom stereocenters. The maximum atomic E-state index is 11.3. The summed E-state index contributed by atoms with van der Waals surface area (Å²) in [6.07, 6.45) is 0. The predicted molar refractivity (Wildman–Crippen MR) is 83.4 cm³/mol. The number of rotatable bonds is 14. The first-order chi connectivity index (χ1) is 10.0. The van der Waals surface area contributed by atoms with Crippen molar-refractivity contribution in [3.8, 4) is 0 Å². The van der Waals surface area contributed by atoms with Crippen molar-refractivity contribution >= 4 is 5.91 Å². The Morgan fingerprint density at radius 2 is 1.29 bits per heavy atom. The molecule has 0 aromatic heterocycles. The molecule has 0 fully saturated rings. The van der Waals surface area contributed by atoms with Crippen molar-refractivity contribution in [2.24, 2.45) is 5.92 Å². The van der Waals surface area contributed by atoms with Crippen molar-refractivity contribution in [3.63, 3.8) is 0 Å². The number of carbonyl (C=O) groups excluding carboxylic acids is 1. The zero-order chi connectivity index (χ0) is 15.9. The van der Waals surface area contributed by atoms with E-state index in [0.29, 0.717) is 52.2 Å². The number of hydrogen-bond donors (Lipinski definition) is 2. The molecule has 1 amide bonds. The van der Waals surface area contributed by atoms with Gasteiger partial charge in [-0.1, -0.05) is 27.7 Å². The van der Waals surface area contributed by atoms with Crippen LogP contribution in [0.1, 0.15) is 27.7 Å². The van der Waals surface area contributed by atoms with Crippen molar-refractivity contribution in [1.82, 2.24) is 10.6 Å². The zero-order valence-electron chi connectivity index (χ0n) is 13.9. The first kappa shape index (κ1) is 20.3. The molecule has 0 radical (unpaired) electrons. The first-order valence-corrected chi connectivity index (χ1v) is 7.78. The fourth-order valence-electron chi connectivity index (χ4n) is 1.41. The lowest BCUT2D eigenvalue weighted by Crippen LogP contribution is -2.31. The van der Waals surface area contributed by atoms with Crippen LogP contribution < -0.4 is 10.6 Å². The van der Waals surface area contributed by atoms with Crippen LogP contribution in [0.4, 0.5) is 0 Å². The first-order valence-electron chi connectivity index (χ1n) is 7.78. The van der Waals surface area contributed by atoms with Crippen LogP contribution in [0.5, 0.6) is 0 Å². The van der Waals surface area contributed by atoms with Crippen molar-refractivity contribution in [3.05, 3.63) is 0 Å².